The minimum Gasteiger partial charge on any atom is -0.388 e. The van der Waals surface area contributed by atoms with Gasteiger partial charge in [-0.05, 0) is 0 Å². The minimum absolute atomic E-state index is 0.701. The molecule has 0 saturated carbocycles. The molecule has 0 bridgehead atoms. The minimum atomic E-state index is -2.17. The maximum absolute atomic E-state index is 11.6. The Hall–Kier alpha value is -1.38. The van der Waals surface area contributed by atoms with Crippen LogP contribution in [0.3, 0.4) is 0 Å². The Morgan fingerprint density at radius 1 is 0.583 bits per heavy atom. The van der Waals surface area contributed by atoms with Gasteiger partial charge in [0.05, 0.1) is 12.2 Å². The number of carbonyl (C=O) groups is 2. The lowest BCUT2D eigenvalue weighted by molar-refractivity contribution is -0.154. The van der Waals surface area contributed by atoms with Gasteiger partial charge in [-0.15, -0.1) is 0 Å². The number of rotatable bonds is 0. The Bertz CT molecular complexity index is 410. The van der Waals surface area contributed by atoms with Crippen molar-refractivity contribution in [1.82, 2.24) is 10.6 Å². The van der Waals surface area contributed by atoms with E-state index in [1.54, 1.807) is 0 Å². The summed E-state index contributed by atoms with van der Waals surface area (Å²) >= 11 is 0. The Morgan fingerprint density at radius 2 is 0.875 bits per heavy atom. The summed E-state index contributed by atoms with van der Waals surface area (Å²) in [5.74, 6) is -2.45. The Balaban J connectivity index is 2.98. The van der Waals surface area contributed by atoms with Crippen LogP contribution in [0.2, 0.25) is 0 Å². The number of hydrogen-bond donors (Lipinski definition) is 10. The monoisotopic (exact) mass is 354 g/mol. The van der Waals surface area contributed by atoms with E-state index in [4.69, 9.17) is 0 Å². The van der Waals surface area contributed by atoms with Crippen molar-refractivity contribution in [3.8, 4) is 0 Å². The molecule has 2 unspecified atom stereocenters. The molecule has 2 amide bonds. The van der Waals surface area contributed by atoms with E-state index >= 15 is 0 Å². The fourth-order valence-electron chi connectivity index (χ4n) is 2.00. The average Bonchev–Trinajstić information content (AvgIpc) is 2.58. The molecule has 12 heteroatoms. The van der Waals surface area contributed by atoms with E-state index in [-0.39, 0.29) is 0 Å². The van der Waals surface area contributed by atoms with Crippen LogP contribution >= 0.6 is 0 Å². The SMILES string of the molecule is O=C1NCC(O)[C@H](O)[C@H](O)[C@@H](O)C(=O)NCC(O)[C@H](O)[C@H](O)[C@H]1O. The summed E-state index contributed by atoms with van der Waals surface area (Å²) in [6.45, 7) is -1.40. The topological polar surface area (TPSA) is 220 Å². The number of amides is 2. The molecule has 1 aliphatic heterocycles. The highest BCUT2D eigenvalue weighted by molar-refractivity contribution is 5.82. The molecule has 0 aromatic carbocycles. The summed E-state index contributed by atoms with van der Waals surface area (Å²) < 4.78 is 0. The molecule has 0 aliphatic carbocycles. The molecule has 24 heavy (non-hydrogen) atoms. The van der Waals surface area contributed by atoms with Crippen LogP contribution in [0.25, 0.3) is 0 Å². The summed E-state index contributed by atoms with van der Waals surface area (Å²) in [5, 5.41) is 80.9. The summed E-state index contributed by atoms with van der Waals surface area (Å²) in [4.78, 5) is 23.2. The van der Waals surface area contributed by atoms with Gasteiger partial charge in [0.25, 0.3) is 11.8 Å². The van der Waals surface area contributed by atoms with Crippen LogP contribution in [0.1, 0.15) is 0 Å². The van der Waals surface area contributed by atoms with E-state index in [0.717, 1.165) is 0 Å². The van der Waals surface area contributed by atoms with Crippen LogP contribution in [0.15, 0.2) is 0 Å². The van der Waals surface area contributed by atoms with Gasteiger partial charge < -0.3 is 51.5 Å². The fourth-order valence-corrected chi connectivity index (χ4v) is 2.00. The van der Waals surface area contributed by atoms with Crippen LogP contribution in [0.5, 0.6) is 0 Å². The normalized spacial score (nSPS) is 43.5. The van der Waals surface area contributed by atoms with Crippen LogP contribution in [0, 0.1) is 0 Å². The van der Waals surface area contributed by atoms with Gasteiger partial charge in [-0.25, -0.2) is 0 Å². The molecule has 0 aromatic heterocycles. The number of aliphatic hydroxyl groups is 8. The van der Waals surface area contributed by atoms with E-state index in [1.807, 2.05) is 10.6 Å². The van der Waals surface area contributed by atoms with E-state index in [0.29, 0.717) is 0 Å². The molecule has 140 valence electrons. The standard InChI is InChI=1S/C12H22N2O10/c15-3-1-13-11(23)9(21)8(20)6(18)4(16)2-14-12(24)10(22)7(19)5(3)17/h3-10,15-22H,1-2H2,(H,13,23)(H,14,24)/t3?,4?,5-,6-,7-,8-,9+,10+/m0/s1. The van der Waals surface area contributed by atoms with Crippen molar-refractivity contribution < 1.29 is 50.4 Å². The van der Waals surface area contributed by atoms with Crippen molar-refractivity contribution in [2.75, 3.05) is 13.1 Å². The van der Waals surface area contributed by atoms with E-state index in [2.05, 4.69) is 0 Å². The molecule has 12 nitrogen and oxygen atoms in total. The Morgan fingerprint density at radius 3 is 1.17 bits per heavy atom. The number of hydrogen-bond acceptors (Lipinski definition) is 10. The lowest BCUT2D eigenvalue weighted by Crippen LogP contribution is -2.58. The van der Waals surface area contributed by atoms with E-state index in [9.17, 15) is 50.4 Å². The molecule has 1 saturated heterocycles. The van der Waals surface area contributed by atoms with E-state index in [1.165, 1.54) is 0 Å². The highest BCUT2D eigenvalue weighted by atomic mass is 16.4. The van der Waals surface area contributed by atoms with Gasteiger partial charge in [-0.2, -0.15) is 0 Å². The molecule has 0 aromatic rings. The van der Waals surface area contributed by atoms with Gasteiger partial charge in [-0.1, -0.05) is 0 Å². The summed E-state index contributed by atoms with van der Waals surface area (Å²) in [7, 11) is 0. The second kappa shape index (κ2) is 8.64. The lowest BCUT2D eigenvalue weighted by Gasteiger charge is -2.29. The van der Waals surface area contributed by atoms with Gasteiger partial charge in [0.1, 0.15) is 24.4 Å². The first kappa shape index (κ1) is 20.7. The average molecular weight is 354 g/mol. The molecule has 1 heterocycles. The number of β-amino-alcohol motifs (C(OH)–C–C–N with tert-alkyl or cyclic N) is 2. The molecule has 0 spiro atoms. The predicted molar refractivity (Wildman–Crippen MR) is 74.1 cm³/mol. The van der Waals surface area contributed by atoms with Crippen molar-refractivity contribution in [3.05, 3.63) is 0 Å². The first-order valence-electron chi connectivity index (χ1n) is 7.07. The summed E-state index contributed by atoms with van der Waals surface area (Å²) in [6, 6.07) is 0. The van der Waals surface area contributed by atoms with Crippen molar-refractivity contribution in [2.45, 2.75) is 48.8 Å². The number of carbonyl (C=O) groups excluding carboxylic acids is 2. The van der Waals surface area contributed by atoms with Crippen molar-refractivity contribution in [1.29, 1.82) is 0 Å². The molecule has 1 fully saturated rings. The number of nitrogens with one attached hydrogen (secondary N) is 2. The number of aliphatic hydroxyl groups excluding tert-OH is 8. The fraction of sp³-hybridized carbons (Fsp3) is 0.833. The zero-order valence-electron chi connectivity index (χ0n) is 12.4. The lowest BCUT2D eigenvalue weighted by atomic mass is 9.99. The Kier molecular flexibility index (Phi) is 7.44. The van der Waals surface area contributed by atoms with Gasteiger partial charge in [0.2, 0.25) is 0 Å². The second-order valence-corrected chi connectivity index (χ2v) is 5.48. The van der Waals surface area contributed by atoms with Gasteiger partial charge in [0, 0.05) is 13.1 Å². The first-order chi connectivity index (χ1) is 11.1. The Labute approximate surface area is 136 Å². The first-order valence-corrected chi connectivity index (χ1v) is 7.07. The highest BCUT2D eigenvalue weighted by Crippen LogP contribution is 2.09. The molecule has 1 aliphatic rings. The van der Waals surface area contributed by atoms with Crippen molar-refractivity contribution in [3.63, 3.8) is 0 Å². The summed E-state index contributed by atoms with van der Waals surface area (Å²) in [6.07, 6.45) is -16.2. The van der Waals surface area contributed by atoms with Crippen LogP contribution in [-0.4, -0.2) is 115 Å². The van der Waals surface area contributed by atoms with Crippen LogP contribution in [-0.2, 0) is 9.59 Å². The van der Waals surface area contributed by atoms with Crippen LogP contribution in [0.4, 0.5) is 0 Å². The highest BCUT2D eigenvalue weighted by Gasteiger charge is 2.38. The van der Waals surface area contributed by atoms with Crippen molar-refractivity contribution >= 4 is 11.8 Å². The molecular formula is C12H22N2O10. The predicted octanol–water partition coefficient (Wildman–Crippen LogP) is -6.88. The quantitative estimate of drug-likeness (QED) is 0.198. The maximum Gasteiger partial charge on any atom is 0.251 e. The van der Waals surface area contributed by atoms with Gasteiger partial charge in [-0.3, -0.25) is 9.59 Å². The third kappa shape index (κ3) is 4.81. The molecular weight excluding hydrogens is 332 g/mol. The van der Waals surface area contributed by atoms with Crippen LogP contribution < -0.4 is 10.6 Å². The molecule has 10 N–H and O–H groups in total. The third-order valence-electron chi connectivity index (χ3n) is 3.64. The maximum atomic E-state index is 11.6. The molecule has 8 atom stereocenters. The molecule has 0 radical (unpaired) electrons. The summed E-state index contributed by atoms with van der Waals surface area (Å²) in [5.41, 5.74) is 0. The zero-order valence-corrected chi connectivity index (χ0v) is 12.4. The largest absolute Gasteiger partial charge is 0.388 e. The van der Waals surface area contributed by atoms with E-state index < -0.39 is 73.7 Å². The smallest absolute Gasteiger partial charge is 0.251 e. The van der Waals surface area contributed by atoms with Gasteiger partial charge >= 0.3 is 0 Å². The van der Waals surface area contributed by atoms with Crippen molar-refractivity contribution in [2.24, 2.45) is 0 Å². The molecule has 1 rings (SSSR count). The second-order valence-electron chi connectivity index (χ2n) is 5.48. The zero-order chi connectivity index (χ0) is 18.6. The third-order valence-corrected chi connectivity index (χ3v) is 3.64. The van der Waals surface area contributed by atoms with Gasteiger partial charge in [0.15, 0.2) is 12.2 Å².